The molecule has 1 fully saturated rings. The Balaban J connectivity index is 1.08. The highest BCUT2D eigenvalue weighted by atomic mass is 16.1. The fraction of sp³-hybridized carbons (Fsp3) is 0.267. The van der Waals surface area contributed by atoms with Crippen LogP contribution in [0.4, 0.5) is 0 Å². The van der Waals surface area contributed by atoms with Crippen LogP contribution in [0.25, 0.3) is 27.7 Å². The second-order valence-electron chi connectivity index (χ2n) is 9.67. The predicted molar refractivity (Wildman–Crippen MR) is 141 cm³/mol. The molecule has 5 heteroatoms. The number of aromatic amines is 1. The van der Waals surface area contributed by atoms with Crippen molar-refractivity contribution in [3.05, 3.63) is 100 Å². The molecule has 0 saturated carbocycles. The van der Waals surface area contributed by atoms with E-state index >= 15 is 0 Å². The lowest BCUT2D eigenvalue weighted by molar-refractivity contribution is 0.0971. The van der Waals surface area contributed by atoms with Crippen molar-refractivity contribution in [2.45, 2.75) is 31.7 Å². The van der Waals surface area contributed by atoms with Gasteiger partial charge in [0.15, 0.2) is 5.78 Å². The van der Waals surface area contributed by atoms with E-state index in [1.807, 2.05) is 53.1 Å². The molecule has 2 heterocycles. The maximum Gasteiger partial charge on any atom is 0.326 e. The average Bonchev–Trinajstić information content (AvgIpc) is 3.38. The molecule has 0 radical (unpaired) electrons. The van der Waals surface area contributed by atoms with Crippen LogP contribution < -0.4 is 5.69 Å². The molecule has 176 valence electrons. The number of ketones is 1. The summed E-state index contributed by atoms with van der Waals surface area (Å²) in [5.41, 5.74) is 8.04. The van der Waals surface area contributed by atoms with Crippen LogP contribution in [0.2, 0.25) is 0 Å². The number of nitrogens with one attached hydrogen (secondary N) is 1. The molecule has 0 unspecified atom stereocenters. The fourth-order valence-corrected chi connectivity index (χ4v) is 5.87. The third-order valence-corrected chi connectivity index (χ3v) is 7.64. The molecule has 1 aromatic heterocycles. The van der Waals surface area contributed by atoms with E-state index in [2.05, 4.69) is 34.7 Å². The first-order chi connectivity index (χ1) is 17.1. The molecule has 0 atom stereocenters. The van der Waals surface area contributed by atoms with Crippen molar-refractivity contribution in [3.8, 4) is 11.1 Å². The Morgan fingerprint density at radius 1 is 0.914 bits per heavy atom. The Morgan fingerprint density at radius 2 is 1.63 bits per heavy atom. The van der Waals surface area contributed by atoms with Gasteiger partial charge in [0.05, 0.1) is 11.0 Å². The molecule has 3 aromatic carbocycles. The van der Waals surface area contributed by atoms with E-state index in [0.29, 0.717) is 6.42 Å². The van der Waals surface area contributed by atoms with Crippen LogP contribution in [0, 0.1) is 0 Å². The lowest BCUT2D eigenvalue weighted by Crippen LogP contribution is -2.37. The summed E-state index contributed by atoms with van der Waals surface area (Å²) in [5.74, 6) is 0.201. The van der Waals surface area contributed by atoms with E-state index in [4.69, 9.17) is 0 Å². The summed E-state index contributed by atoms with van der Waals surface area (Å²) in [6, 6.07) is 22.3. The van der Waals surface area contributed by atoms with Gasteiger partial charge in [0.1, 0.15) is 0 Å². The van der Waals surface area contributed by atoms with Crippen LogP contribution in [-0.2, 0) is 0 Å². The van der Waals surface area contributed by atoms with Gasteiger partial charge in [-0.05, 0) is 60.2 Å². The Labute approximate surface area is 204 Å². The van der Waals surface area contributed by atoms with Gasteiger partial charge < -0.3 is 9.88 Å². The molecule has 6 rings (SSSR count). The molecule has 0 bridgehead atoms. The Morgan fingerprint density at radius 3 is 2.46 bits per heavy atom. The maximum absolute atomic E-state index is 13.2. The Hall–Kier alpha value is -3.70. The van der Waals surface area contributed by atoms with Gasteiger partial charge in [-0.1, -0.05) is 61.2 Å². The van der Waals surface area contributed by atoms with Crippen LogP contribution in [0.3, 0.4) is 0 Å². The summed E-state index contributed by atoms with van der Waals surface area (Å²) in [6.45, 7) is 7.05. The van der Waals surface area contributed by atoms with Gasteiger partial charge in [-0.15, -0.1) is 0 Å². The minimum atomic E-state index is -0.0186. The topological polar surface area (TPSA) is 58.1 Å². The summed E-state index contributed by atoms with van der Waals surface area (Å²) in [4.78, 5) is 31.2. The van der Waals surface area contributed by atoms with Gasteiger partial charge in [-0.25, -0.2) is 4.79 Å². The number of piperidine rings is 1. The van der Waals surface area contributed by atoms with Gasteiger partial charge in [-0.3, -0.25) is 9.36 Å². The predicted octanol–water partition coefficient (Wildman–Crippen LogP) is 5.67. The molecule has 2 aliphatic rings. The average molecular weight is 464 g/mol. The normalized spacial score (nSPS) is 15.9. The van der Waals surface area contributed by atoms with Crippen molar-refractivity contribution in [1.29, 1.82) is 0 Å². The molecule has 0 amide bonds. The first kappa shape index (κ1) is 21.8. The van der Waals surface area contributed by atoms with Crippen LogP contribution in [0.1, 0.15) is 53.2 Å². The van der Waals surface area contributed by atoms with E-state index in [1.165, 1.54) is 0 Å². The third kappa shape index (κ3) is 3.76. The molecule has 5 nitrogen and oxygen atoms in total. The largest absolute Gasteiger partial charge is 0.326 e. The highest BCUT2D eigenvalue weighted by Gasteiger charge is 2.27. The van der Waals surface area contributed by atoms with Gasteiger partial charge in [0.2, 0.25) is 0 Å². The third-order valence-electron chi connectivity index (χ3n) is 7.64. The highest BCUT2D eigenvalue weighted by Crippen LogP contribution is 2.45. The van der Waals surface area contributed by atoms with Crippen LogP contribution >= 0.6 is 0 Å². The van der Waals surface area contributed by atoms with E-state index in [1.54, 1.807) is 0 Å². The van der Waals surface area contributed by atoms with Crippen LogP contribution in [0.15, 0.2) is 78.1 Å². The molecular formula is C30H29N3O2. The minimum absolute atomic E-state index is 0.0186. The second kappa shape index (κ2) is 8.82. The minimum Gasteiger partial charge on any atom is -0.306 e. The lowest BCUT2D eigenvalue weighted by atomic mass is 9.94. The SMILES string of the molecule is C=C1c2ccccc2-c2c1cccc2C(=O)CCCN1CCC(n2c(=O)[nH]c3ccccc32)CC1. The Bertz CT molecular complexity index is 1500. The van der Waals surface area contributed by atoms with Crippen LogP contribution in [0.5, 0.6) is 0 Å². The molecule has 1 saturated heterocycles. The van der Waals surface area contributed by atoms with Crippen LogP contribution in [-0.4, -0.2) is 39.9 Å². The number of carbonyl (C=O) groups is 1. The quantitative estimate of drug-likeness (QED) is 0.330. The zero-order chi connectivity index (χ0) is 23.9. The van der Waals surface area contributed by atoms with Crippen molar-refractivity contribution in [1.82, 2.24) is 14.5 Å². The molecule has 1 aliphatic heterocycles. The first-order valence-corrected chi connectivity index (χ1v) is 12.5. The number of hydrogen-bond donors (Lipinski definition) is 1. The molecule has 1 N–H and O–H groups in total. The number of nitrogens with zero attached hydrogens (tertiary/aromatic N) is 2. The van der Waals surface area contributed by atoms with E-state index in [-0.39, 0.29) is 17.5 Å². The van der Waals surface area contributed by atoms with Crippen molar-refractivity contribution in [3.63, 3.8) is 0 Å². The lowest BCUT2D eigenvalue weighted by Gasteiger charge is -2.32. The van der Waals surface area contributed by atoms with Crippen molar-refractivity contribution in [2.24, 2.45) is 0 Å². The highest BCUT2D eigenvalue weighted by molar-refractivity contribution is 6.10. The Kier molecular flexibility index (Phi) is 5.50. The summed E-state index contributed by atoms with van der Waals surface area (Å²) in [6.07, 6.45) is 3.26. The number of H-pyrrole nitrogens is 1. The smallest absolute Gasteiger partial charge is 0.306 e. The summed E-state index contributed by atoms with van der Waals surface area (Å²) in [5, 5.41) is 0. The number of aromatic nitrogens is 2. The zero-order valence-corrected chi connectivity index (χ0v) is 19.8. The summed E-state index contributed by atoms with van der Waals surface area (Å²) < 4.78 is 1.93. The number of rotatable bonds is 6. The van der Waals surface area contributed by atoms with E-state index in [9.17, 15) is 9.59 Å². The zero-order valence-electron chi connectivity index (χ0n) is 19.8. The number of hydrogen-bond acceptors (Lipinski definition) is 3. The summed E-state index contributed by atoms with van der Waals surface area (Å²) in [7, 11) is 0. The van der Waals surface area contributed by atoms with Crippen molar-refractivity contribution < 1.29 is 4.79 Å². The second-order valence-corrected chi connectivity index (χ2v) is 9.67. The molecular weight excluding hydrogens is 434 g/mol. The number of fused-ring (bicyclic) bond motifs is 4. The molecule has 4 aromatic rings. The molecule has 35 heavy (non-hydrogen) atoms. The number of imidazole rings is 1. The monoisotopic (exact) mass is 463 g/mol. The number of benzene rings is 3. The van der Waals surface area contributed by atoms with E-state index < -0.39 is 0 Å². The number of para-hydroxylation sites is 2. The van der Waals surface area contributed by atoms with E-state index in [0.717, 1.165) is 83.3 Å². The van der Waals surface area contributed by atoms with Crippen molar-refractivity contribution >= 4 is 22.4 Å². The maximum atomic E-state index is 13.2. The van der Waals surface area contributed by atoms with Gasteiger partial charge >= 0.3 is 5.69 Å². The molecule has 1 aliphatic carbocycles. The molecule has 0 spiro atoms. The first-order valence-electron chi connectivity index (χ1n) is 12.5. The standard InChI is InChI=1S/C30H29N3O2/c1-20-22-8-2-3-9-24(22)29-23(20)10-6-11-25(29)28(34)14-7-17-32-18-15-21(16-19-32)33-27-13-5-4-12-26(27)31-30(33)35/h2-6,8-13,21H,1,7,14-19H2,(H,31,35). The van der Waals surface area contributed by atoms with Gasteiger partial charge in [0.25, 0.3) is 0 Å². The van der Waals surface area contributed by atoms with Gasteiger partial charge in [0, 0.05) is 36.7 Å². The summed E-state index contributed by atoms with van der Waals surface area (Å²) >= 11 is 0. The number of carbonyl (C=O) groups excluding carboxylic acids is 1. The number of likely N-dealkylation sites (tertiary alicyclic amines) is 1. The van der Waals surface area contributed by atoms with Crippen molar-refractivity contribution in [2.75, 3.05) is 19.6 Å². The van der Waals surface area contributed by atoms with Gasteiger partial charge in [-0.2, -0.15) is 0 Å². The fourth-order valence-electron chi connectivity index (χ4n) is 5.87. The number of Topliss-reactive ketones (excluding diaryl/α,β-unsaturated/α-hetero) is 1.